The van der Waals surface area contributed by atoms with Crippen LogP contribution in [0.3, 0.4) is 0 Å². The van der Waals surface area contributed by atoms with Crippen LogP contribution in [-0.4, -0.2) is 36.2 Å². The standard InChI is InChI=1S/C19H23NO5/c1-11-5-6-15-14(10-25-18(15)12(11)2)8-16(21)20-17(19(22)23)13-4-3-7-24-9-13/h5-6,10,13,17H,3-4,7-9H2,1-2H3,(H,20,21)(H,22,23). The quantitative estimate of drug-likeness (QED) is 0.869. The second-order valence-corrected chi connectivity index (χ2v) is 6.68. The molecular weight excluding hydrogens is 322 g/mol. The van der Waals surface area contributed by atoms with Crippen LogP contribution in [0.4, 0.5) is 0 Å². The maximum atomic E-state index is 12.4. The zero-order valence-corrected chi connectivity index (χ0v) is 14.5. The fourth-order valence-electron chi connectivity index (χ4n) is 3.33. The number of benzene rings is 1. The van der Waals surface area contributed by atoms with Gasteiger partial charge in [0.1, 0.15) is 11.6 Å². The van der Waals surface area contributed by atoms with E-state index in [2.05, 4.69) is 5.32 Å². The predicted molar refractivity (Wildman–Crippen MR) is 92.5 cm³/mol. The lowest BCUT2D eigenvalue weighted by molar-refractivity contribution is -0.145. The number of hydrogen-bond donors (Lipinski definition) is 2. The number of rotatable bonds is 5. The number of hydrogen-bond acceptors (Lipinski definition) is 4. The van der Waals surface area contributed by atoms with Crippen LogP contribution < -0.4 is 5.32 Å². The molecule has 0 aliphatic carbocycles. The number of aliphatic carboxylic acids is 1. The molecule has 2 aromatic rings. The van der Waals surface area contributed by atoms with E-state index in [1.165, 1.54) is 0 Å². The number of amides is 1. The van der Waals surface area contributed by atoms with Gasteiger partial charge in [-0.1, -0.05) is 12.1 Å². The molecule has 2 N–H and O–H groups in total. The number of carbonyl (C=O) groups excluding carboxylic acids is 1. The van der Waals surface area contributed by atoms with Crippen LogP contribution in [0.15, 0.2) is 22.8 Å². The molecule has 2 unspecified atom stereocenters. The molecule has 134 valence electrons. The van der Waals surface area contributed by atoms with Crippen LogP contribution in [0, 0.1) is 19.8 Å². The van der Waals surface area contributed by atoms with Gasteiger partial charge in [-0.25, -0.2) is 4.79 Å². The number of carboxylic acid groups (broad SMARTS) is 1. The smallest absolute Gasteiger partial charge is 0.326 e. The Morgan fingerprint density at radius 3 is 2.84 bits per heavy atom. The van der Waals surface area contributed by atoms with Crippen molar-refractivity contribution in [3.8, 4) is 0 Å². The summed E-state index contributed by atoms with van der Waals surface area (Å²) in [5, 5.41) is 13.0. The third kappa shape index (κ3) is 3.69. The Balaban J connectivity index is 1.73. The molecule has 25 heavy (non-hydrogen) atoms. The molecule has 1 aliphatic heterocycles. The Bertz CT molecular complexity index is 788. The summed E-state index contributed by atoms with van der Waals surface area (Å²) in [6, 6.07) is 3.01. The molecule has 0 saturated carbocycles. The van der Waals surface area contributed by atoms with Crippen molar-refractivity contribution in [1.82, 2.24) is 5.32 Å². The number of fused-ring (bicyclic) bond motifs is 1. The van der Waals surface area contributed by atoms with Gasteiger partial charge in [-0.2, -0.15) is 0 Å². The first-order valence-electron chi connectivity index (χ1n) is 8.53. The second-order valence-electron chi connectivity index (χ2n) is 6.68. The van der Waals surface area contributed by atoms with Crippen molar-refractivity contribution in [2.45, 2.75) is 39.2 Å². The average molecular weight is 345 g/mol. The van der Waals surface area contributed by atoms with Crippen molar-refractivity contribution in [1.29, 1.82) is 0 Å². The fraction of sp³-hybridized carbons (Fsp3) is 0.474. The Labute approximate surface area is 146 Å². The van der Waals surface area contributed by atoms with E-state index in [1.54, 1.807) is 6.26 Å². The van der Waals surface area contributed by atoms with E-state index >= 15 is 0 Å². The maximum Gasteiger partial charge on any atom is 0.326 e. The lowest BCUT2D eigenvalue weighted by atomic mass is 9.93. The van der Waals surface area contributed by atoms with Crippen molar-refractivity contribution < 1.29 is 23.8 Å². The van der Waals surface area contributed by atoms with Gasteiger partial charge in [0.2, 0.25) is 5.91 Å². The normalized spacial score (nSPS) is 18.9. The first-order valence-corrected chi connectivity index (χ1v) is 8.53. The Hall–Kier alpha value is -2.34. The lowest BCUT2D eigenvalue weighted by Crippen LogP contribution is -2.48. The Kier molecular flexibility index (Phi) is 5.08. The van der Waals surface area contributed by atoms with E-state index in [9.17, 15) is 14.7 Å². The molecule has 1 saturated heterocycles. The first-order chi connectivity index (χ1) is 12.0. The van der Waals surface area contributed by atoms with Gasteiger partial charge in [-0.15, -0.1) is 0 Å². The molecular formula is C19H23NO5. The van der Waals surface area contributed by atoms with Crippen LogP contribution in [0.2, 0.25) is 0 Å². The minimum Gasteiger partial charge on any atom is -0.480 e. The summed E-state index contributed by atoms with van der Waals surface area (Å²) in [4.78, 5) is 23.9. The summed E-state index contributed by atoms with van der Waals surface area (Å²) < 4.78 is 11.0. The van der Waals surface area contributed by atoms with Gasteiger partial charge in [-0.3, -0.25) is 4.79 Å². The monoisotopic (exact) mass is 345 g/mol. The topological polar surface area (TPSA) is 88.8 Å². The van der Waals surface area contributed by atoms with Crippen molar-refractivity contribution in [3.05, 3.63) is 35.1 Å². The van der Waals surface area contributed by atoms with Crippen molar-refractivity contribution in [2.24, 2.45) is 5.92 Å². The fourth-order valence-corrected chi connectivity index (χ4v) is 3.33. The molecule has 6 heteroatoms. The van der Waals surface area contributed by atoms with Crippen LogP contribution >= 0.6 is 0 Å². The predicted octanol–water partition coefficient (Wildman–Crippen LogP) is 2.59. The molecule has 3 rings (SSSR count). The lowest BCUT2D eigenvalue weighted by Gasteiger charge is -2.28. The molecule has 2 atom stereocenters. The minimum atomic E-state index is -1.02. The van der Waals surface area contributed by atoms with Gasteiger partial charge in [0.25, 0.3) is 0 Å². The van der Waals surface area contributed by atoms with E-state index in [0.29, 0.717) is 13.2 Å². The van der Waals surface area contributed by atoms with E-state index in [1.807, 2.05) is 26.0 Å². The molecule has 1 amide bonds. The largest absolute Gasteiger partial charge is 0.480 e. The highest BCUT2D eigenvalue weighted by Gasteiger charge is 2.31. The highest BCUT2D eigenvalue weighted by atomic mass is 16.5. The zero-order valence-electron chi connectivity index (χ0n) is 14.5. The van der Waals surface area contributed by atoms with Crippen LogP contribution in [0.5, 0.6) is 0 Å². The van der Waals surface area contributed by atoms with Crippen LogP contribution in [0.1, 0.15) is 29.5 Å². The molecule has 1 aromatic heterocycles. The summed E-state index contributed by atoms with van der Waals surface area (Å²) in [7, 11) is 0. The van der Waals surface area contributed by atoms with Gasteiger partial charge in [0.05, 0.1) is 19.3 Å². The highest BCUT2D eigenvalue weighted by molar-refractivity contribution is 5.91. The van der Waals surface area contributed by atoms with E-state index < -0.39 is 12.0 Å². The molecule has 1 fully saturated rings. The third-order valence-electron chi connectivity index (χ3n) is 4.94. The number of carboxylic acids is 1. The summed E-state index contributed by atoms with van der Waals surface area (Å²) >= 11 is 0. The highest BCUT2D eigenvalue weighted by Crippen LogP contribution is 2.27. The van der Waals surface area contributed by atoms with Gasteiger partial charge >= 0.3 is 5.97 Å². The third-order valence-corrected chi connectivity index (χ3v) is 4.94. The second kappa shape index (κ2) is 7.27. The minimum absolute atomic E-state index is 0.0901. The van der Waals surface area contributed by atoms with E-state index in [0.717, 1.165) is 40.5 Å². The number of carbonyl (C=O) groups is 2. The average Bonchev–Trinajstić information content (AvgIpc) is 3.00. The van der Waals surface area contributed by atoms with Crippen molar-refractivity contribution in [3.63, 3.8) is 0 Å². The zero-order chi connectivity index (χ0) is 18.0. The summed E-state index contributed by atoms with van der Waals surface area (Å²) in [6.45, 7) is 5.00. The van der Waals surface area contributed by atoms with E-state index in [4.69, 9.17) is 9.15 Å². The van der Waals surface area contributed by atoms with Crippen LogP contribution in [-0.2, 0) is 20.7 Å². The van der Waals surface area contributed by atoms with Gasteiger partial charge in [0.15, 0.2) is 0 Å². The van der Waals surface area contributed by atoms with Gasteiger partial charge < -0.3 is 19.6 Å². The Morgan fingerprint density at radius 2 is 2.16 bits per heavy atom. The van der Waals surface area contributed by atoms with Gasteiger partial charge in [0, 0.05) is 23.5 Å². The van der Waals surface area contributed by atoms with Crippen molar-refractivity contribution in [2.75, 3.05) is 13.2 Å². The summed E-state index contributed by atoms with van der Waals surface area (Å²) in [5.41, 5.74) is 3.71. The molecule has 0 bridgehead atoms. The molecule has 1 aromatic carbocycles. The number of furan rings is 1. The number of ether oxygens (including phenoxy) is 1. The molecule has 1 aliphatic rings. The summed E-state index contributed by atoms with van der Waals surface area (Å²) in [5.74, 6) is -1.53. The van der Waals surface area contributed by atoms with Crippen LogP contribution in [0.25, 0.3) is 11.0 Å². The number of aryl methyl sites for hydroxylation is 2. The summed E-state index contributed by atoms with van der Waals surface area (Å²) in [6.07, 6.45) is 3.22. The van der Waals surface area contributed by atoms with Gasteiger partial charge in [-0.05, 0) is 37.8 Å². The maximum absolute atomic E-state index is 12.4. The van der Waals surface area contributed by atoms with E-state index in [-0.39, 0.29) is 18.2 Å². The first kappa shape index (κ1) is 17.5. The van der Waals surface area contributed by atoms with Crippen molar-refractivity contribution >= 4 is 22.8 Å². The SMILES string of the molecule is Cc1ccc2c(CC(=O)NC(C(=O)O)C3CCCOC3)coc2c1C. The number of nitrogens with one attached hydrogen (secondary N) is 1. The molecule has 0 radical (unpaired) electrons. The molecule has 2 heterocycles. The molecule has 0 spiro atoms. The Morgan fingerprint density at radius 1 is 1.36 bits per heavy atom. The molecule has 6 nitrogen and oxygen atoms in total.